The molecule has 0 atom stereocenters. The predicted molar refractivity (Wildman–Crippen MR) is 127 cm³/mol. The van der Waals surface area contributed by atoms with Crippen molar-refractivity contribution in [1.82, 2.24) is 14.2 Å². The summed E-state index contributed by atoms with van der Waals surface area (Å²) in [5.41, 5.74) is 4.33. The Morgan fingerprint density at radius 2 is 1.84 bits per heavy atom. The zero-order valence-corrected chi connectivity index (χ0v) is 20.0. The molecule has 1 aromatic heterocycles. The molecule has 0 aliphatic carbocycles. The van der Waals surface area contributed by atoms with Crippen LogP contribution in [-0.4, -0.2) is 48.1 Å². The van der Waals surface area contributed by atoms with E-state index < -0.39 is 10.0 Å². The van der Waals surface area contributed by atoms with Crippen molar-refractivity contribution in [1.29, 1.82) is 0 Å². The van der Waals surface area contributed by atoms with E-state index in [0.29, 0.717) is 44.0 Å². The van der Waals surface area contributed by atoms with Gasteiger partial charge < -0.3 is 9.88 Å². The Hall–Kier alpha value is -2.35. The minimum absolute atomic E-state index is 0.104. The normalized spacial score (nSPS) is 14.2. The molecule has 0 spiro atoms. The number of H-pyrrole nitrogens is 1. The standard InChI is InChI=1S/C24H28ClN3O3S/c1-3-28(4-2)32(30,31)19-9-5-17(6-10-19)7-12-24(29)27-14-13-23-21(16-27)20-15-18(25)8-11-22(20)26-23/h5-6,8-11,15,26H,3-4,7,12-14,16H2,1-2H3. The second-order valence-corrected chi connectivity index (χ2v) is 10.4. The quantitative estimate of drug-likeness (QED) is 0.553. The van der Waals surface area contributed by atoms with Crippen LogP contribution in [0.1, 0.15) is 37.1 Å². The maximum Gasteiger partial charge on any atom is 0.243 e. The molecule has 0 unspecified atom stereocenters. The van der Waals surface area contributed by atoms with Crippen LogP contribution < -0.4 is 0 Å². The molecule has 6 nitrogen and oxygen atoms in total. The van der Waals surface area contributed by atoms with Gasteiger partial charge in [-0.2, -0.15) is 4.31 Å². The van der Waals surface area contributed by atoms with Crippen LogP contribution in [0.4, 0.5) is 0 Å². The molecule has 2 heterocycles. The number of aryl methyl sites for hydroxylation is 1. The van der Waals surface area contributed by atoms with E-state index in [1.807, 2.05) is 36.9 Å². The van der Waals surface area contributed by atoms with Crippen LogP contribution in [0.15, 0.2) is 47.4 Å². The summed E-state index contributed by atoms with van der Waals surface area (Å²) in [6.45, 7) is 5.80. The van der Waals surface area contributed by atoms with Crippen LogP contribution in [-0.2, 0) is 34.2 Å². The summed E-state index contributed by atoms with van der Waals surface area (Å²) in [6.07, 6.45) is 1.76. The third kappa shape index (κ3) is 4.42. The highest BCUT2D eigenvalue weighted by Crippen LogP contribution is 2.30. The van der Waals surface area contributed by atoms with E-state index in [1.54, 1.807) is 24.3 Å². The fourth-order valence-corrected chi connectivity index (χ4v) is 5.98. The second kappa shape index (κ2) is 9.25. The average Bonchev–Trinajstić information content (AvgIpc) is 3.15. The summed E-state index contributed by atoms with van der Waals surface area (Å²) in [5.74, 6) is 0.104. The smallest absolute Gasteiger partial charge is 0.243 e. The highest BCUT2D eigenvalue weighted by molar-refractivity contribution is 7.89. The summed E-state index contributed by atoms with van der Waals surface area (Å²) in [5, 5.41) is 1.77. The SMILES string of the molecule is CCN(CC)S(=O)(=O)c1ccc(CCC(=O)N2CCc3[nH]c4ccc(Cl)cc4c3C2)cc1. The molecule has 4 rings (SSSR count). The molecular weight excluding hydrogens is 446 g/mol. The largest absolute Gasteiger partial charge is 0.358 e. The van der Waals surface area contributed by atoms with Gasteiger partial charge in [0.15, 0.2) is 0 Å². The van der Waals surface area contributed by atoms with Crippen LogP contribution in [0.25, 0.3) is 10.9 Å². The van der Waals surface area contributed by atoms with Crippen molar-refractivity contribution in [3.8, 4) is 0 Å². The molecule has 0 saturated heterocycles. The molecular formula is C24H28ClN3O3S. The van der Waals surface area contributed by atoms with Crippen LogP contribution >= 0.6 is 11.6 Å². The molecule has 3 aromatic rings. The lowest BCUT2D eigenvalue weighted by atomic mass is 10.0. The van der Waals surface area contributed by atoms with Crippen molar-refractivity contribution in [2.24, 2.45) is 0 Å². The summed E-state index contributed by atoms with van der Waals surface area (Å²) < 4.78 is 26.7. The molecule has 0 saturated carbocycles. The van der Waals surface area contributed by atoms with E-state index in [0.717, 1.165) is 28.5 Å². The number of aromatic nitrogens is 1. The van der Waals surface area contributed by atoms with E-state index in [1.165, 1.54) is 10.00 Å². The molecule has 32 heavy (non-hydrogen) atoms. The van der Waals surface area contributed by atoms with Crippen LogP contribution in [0, 0.1) is 0 Å². The number of fused-ring (bicyclic) bond motifs is 3. The fourth-order valence-electron chi connectivity index (χ4n) is 4.35. The predicted octanol–water partition coefficient (Wildman–Crippen LogP) is 4.37. The van der Waals surface area contributed by atoms with Crippen molar-refractivity contribution < 1.29 is 13.2 Å². The average molecular weight is 474 g/mol. The lowest BCUT2D eigenvalue weighted by Gasteiger charge is -2.27. The van der Waals surface area contributed by atoms with Crippen molar-refractivity contribution in [3.63, 3.8) is 0 Å². The van der Waals surface area contributed by atoms with Crippen LogP contribution in [0.2, 0.25) is 5.02 Å². The van der Waals surface area contributed by atoms with Gasteiger partial charge in [-0.25, -0.2) is 8.42 Å². The Bertz CT molecular complexity index is 1230. The number of carbonyl (C=O) groups is 1. The first kappa shape index (κ1) is 22.8. The Morgan fingerprint density at radius 1 is 1.12 bits per heavy atom. The first-order chi connectivity index (χ1) is 15.3. The Morgan fingerprint density at radius 3 is 2.53 bits per heavy atom. The van der Waals surface area contributed by atoms with Crippen molar-refractivity contribution in [2.45, 2.75) is 44.6 Å². The van der Waals surface area contributed by atoms with E-state index >= 15 is 0 Å². The van der Waals surface area contributed by atoms with Gasteiger partial charge in [0, 0.05) is 66.2 Å². The van der Waals surface area contributed by atoms with Crippen molar-refractivity contribution in [2.75, 3.05) is 19.6 Å². The van der Waals surface area contributed by atoms with Crippen molar-refractivity contribution in [3.05, 3.63) is 64.3 Å². The lowest BCUT2D eigenvalue weighted by molar-refractivity contribution is -0.132. The fraction of sp³-hybridized carbons (Fsp3) is 0.375. The highest BCUT2D eigenvalue weighted by Gasteiger charge is 2.24. The van der Waals surface area contributed by atoms with E-state index in [-0.39, 0.29) is 10.8 Å². The van der Waals surface area contributed by atoms with Gasteiger partial charge in [0.1, 0.15) is 0 Å². The third-order valence-corrected chi connectivity index (χ3v) is 8.48. The van der Waals surface area contributed by atoms with Gasteiger partial charge in [-0.05, 0) is 42.3 Å². The number of aromatic amines is 1. The number of nitrogens with zero attached hydrogens (tertiary/aromatic N) is 2. The number of halogens is 1. The summed E-state index contributed by atoms with van der Waals surface area (Å²) in [4.78, 5) is 18.5. The molecule has 1 N–H and O–H groups in total. The Kier molecular flexibility index (Phi) is 6.60. The van der Waals surface area contributed by atoms with Gasteiger partial charge in [0.25, 0.3) is 0 Å². The van der Waals surface area contributed by atoms with Crippen LogP contribution in [0.5, 0.6) is 0 Å². The molecule has 0 fully saturated rings. The maximum absolute atomic E-state index is 12.9. The van der Waals surface area contributed by atoms with E-state index in [4.69, 9.17) is 11.6 Å². The number of carbonyl (C=O) groups excluding carboxylic acids is 1. The number of hydrogen-bond acceptors (Lipinski definition) is 3. The summed E-state index contributed by atoms with van der Waals surface area (Å²) in [6, 6.07) is 12.7. The monoisotopic (exact) mass is 473 g/mol. The minimum Gasteiger partial charge on any atom is -0.358 e. The molecule has 1 aliphatic rings. The van der Waals surface area contributed by atoms with Gasteiger partial charge in [-0.15, -0.1) is 0 Å². The van der Waals surface area contributed by atoms with E-state index in [2.05, 4.69) is 4.98 Å². The molecule has 8 heteroatoms. The van der Waals surface area contributed by atoms with Gasteiger partial charge >= 0.3 is 0 Å². The molecule has 1 amide bonds. The second-order valence-electron chi connectivity index (χ2n) is 8.07. The van der Waals surface area contributed by atoms with E-state index in [9.17, 15) is 13.2 Å². The number of nitrogens with one attached hydrogen (secondary N) is 1. The zero-order valence-electron chi connectivity index (χ0n) is 18.4. The Labute approximate surface area is 194 Å². The molecule has 0 radical (unpaired) electrons. The van der Waals surface area contributed by atoms with Gasteiger partial charge in [0.05, 0.1) is 4.90 Å². The number of benzene rings is 2. The van der Waals surface area contributed by atoms with Gasteiger partial charge in [-0.1, -0.05) is 37.6 Å². The molecule has 0 bridgehead atoms. The Balaban J connectivity index is 1.40. The van der Waals surface area contributed by atoms with Gasteiger partial charge in [-0.3, -0.25) is 4.79 Å². The molecule has 170 valence electrons. The first-order valence-electron chi connectivity index (χ1n) is 11.0. The number of rotatable bonds is 7. The molecule has 2 aromatic carbocycles. The van der Waals surface area contributed by atoms with Crippen molar-refractivity contribution >= 4 is 38.4 Å². The van der Waals surface area contributed by atoms with Gasteiger partial charge in [0.2, 0.25) is 15.9 Å². The highest BCUT2D eigenvalue weighted by atomic mass is 35.5. The maximum atomic E-state index is 12.9. The first-order valence-corrected chi connectivity index (χ1v) is 12.8. The zero-order chi connectivity index (χ0) is 22.9. The lowest BCUT2D eigenvalue weighted by Crippen LogP contribution is -2.35. The summed E-state index contributed by atoms with van der Waals surface area (Å²) in [7, 11) is -3.46. The van der Waals surface area contributed by atoms with Crippen LogP contribution in [0.3, 0.4) is 0 Å². The molecule has 1 aliphatic heterocycles. The number of sulfonamides is 1. The number of hydrogen-bond donors (Lipinski definition) is 1. The minimum atomic E-state index is -3.46. The topological polar surface area (TPSA) is 73.5 Å². The summed E-state index contributed by atoms with van der Waals surface area (Å²) >= 11 is 6.17. The third-order valence-electron chi connectivity index (χ3n) is 6.18. The number of amides is 1.